The van der Waals surface area contributed by atoms with Gasteiger partial charge < -0.3 is 0 Å². The first-order chi connectivity index (χ1) is 15.0. The molecule has 1 aliphatic rings. The number of aryl methyl sites for hydroxylation is 2. The molecular weight excluding hydrogens is 376 g/mol. The monoisotopic (exact) mass is 402 g/mol. The van der Waals surface area contributed by atoms with Gasteiger partial charge >= 0.3 is 0 Å². The summed E-state index contributed by atoms with van der Waals surface area (Å²) < 4.78 is 0. The zero-order valence-corrected chi connectivity index (χ0v) is 18.5. The third-order valence-electron chi connectivity index (χ3n) is 5.80. The highest BCUT2D eigenvalue weighted by Gasteiger charge is 2.16. The minimum absolute atomic E-state index is 0.924. The lowest BCUT2D eigenvalue weighted by atomic mass is 9.98. The molecule has 152 valence electrons. The maximum Gasteiger partial charge on any atom is 0.0973 e. The average Bonchev–Trinajstić information content (AvgIpc) is 2.90. The van der Waals surface area contributed by atoms with Crippen LogP contribution in [-0.2, 0) is 0 Å². The molecule has 5 rings (SSSR count). The maximum absolute atomic E-state index is 5.19. The van der Waals surface area contributed by atoms with Crippen LogP contribution in [0.3, 0.4) is 0 Å². The number of fused-ring (bicyclic) bond motifs is 2. The molecule has 1 aliphatic carbocycles. The summed E-state index contributed by atoms with van der Waals surface area (Å²) in [7, 11) is 0. The first kappa shape index (κ1) is 19.4. The normalized spacial score (nSPS) is 14.3. The van der Waals surface area contributed by atoms with E-state index in [0.29, 0.717) is 0 Å². The van der Waals surface area contributed by atoms with Gasteiger partial charge in [-0.05, 0) is 74.7 Å². The van der Waals surface area contributed by atoms with E-state index < -0.39 is 0 Å². The molecule has 0 unspecified atom stereocenters. The standard InChI is InChI=1S/C29H26N2/c1-18-9-10-24(13-19(2)11-18)28-29(25-14-20(3)12-21(4)15-25)31-27-17-23-8-6-5-7-22(23)16-26(27)30-28/h5-8,10-17H,9H2,1-4H3. The van der Waals surface area contributed by atoms with E-state index in [1.165, 1.54) is 33.0 Å². The molecule has 0 bridgehead atoms. The zero-order valence-electron chi connectivity index (χ0n) is 18.5. The molecule has 0 fully saturated rings. The van der Waals surface area contributed by atoms with E-state index in [9.17, 15) is 0 Å². The Labute approximate surface area is 183 Å². The topological polar surface area (TPSA) is 25.8 Å². The molecule has 0 saturated carbocycles. The Morgan fingerprint density at radius 2 is 1.29 bits per heavy atom. The molecule has 1 heterocycles. The van der Waals surface area contributed by atoms with Gasteiger partial charge in [-0.3, -0.25) is 0 Å². The Bertz CT molecular complexity index is 1410. The van der Waals surface area contributed by atoms with Crippen LogP contribution in [0, 0.1) is 13.8 Å². The van der Waals surface area contributed by atoms with Crippen LogP contribution in [0.15, 0.2) is 84.0 Å². The minimum Gasteiger partial charge on any atom is -0.244 e. The second-order valence-electron chi connectivity index (χ2n) is 8.73. The van der Waals surface area contributed by atoms with E-state index in [0.717, 1.165) is 40.0 Å². The third kappa shape index (κ3) is 3.82. The lowest BCUT2D eigenvalue weighted by Crippen LogP contribution is -1.99. The van der Waals surface area contributed by atoms with Gasteiger partial charge in [0, 0.05) is 5.56 Å². The Balaban J connectivity index is 1.82. The summed E-state index contributed by atoms with van der Waals surface area (Å²) in [6.45, 7) is 8.61. The summed E-state index contributed by atoms with van der Waals surface area (Å²) in [6.07, 6.45) is 7.69. The number of benzene rings is 3. The van der Waals surface area contributed by atoms with E-state index in [2.05, 4.69) is 101 Å². The Hall–Kier alpha value is -3.52. The zero-order chi connectivity index (χ0) is 21.5. The largest absolute Gasteiger partial charge is 0.244 e. The highest BCUT2D eigenvalue weighted by atomic mass is 14.8. The first-order valence-electron chi connectivity index (χ1n) is 10.8. The van der Waals surface area contributed by atoms with Crippen LogP contribution in [0.5, 0.6) is 0 Å². The Morgan fingerprint density at radius 3 is 1.94 bits per heavy atom. The van der Waals surface area contributed by atoms with Crippen LogP contribution < -0.4 is 0 Å². The molecule has 0 saturated heterocycles. The van der Waals surface area contributed by atoms with E-state index in [1.807, 2.05) is 0 Å². The smallest absolute Gasteiger partial charge is 0.0973 e. The summed E-state index contributed by atoms with van der Waals surface area (Å²) in [5.41, 5.74) is 11.1. The van der Waals surface area contributed by atoms with E-state index in [-0.39, 0.29) is 0 Å². The van der Waals surface area contributed by atoms with Crippen molar-refractivity contribution in [2.75, 3.05) is 0 Å². The van der Waals surface area contributed by atoms with Crippen molar-refractivity contribution in [3.05, 3.63) is 101 Å². The molecule has 3 aromatic carbocycles. The molecular formula is C29H26N2. The number of nitrogens with zero attached hydrogens (tertiary/aromatic N) is 2. The highest BCUT2D eigenvalue weighted by molar-refractivity contribution is 5.97. The van der Waals surface area contributed by atoms with Crippen LogP contribution in [-0.4, -0.2) is 9.97 Å². The molecule has 0 N–H and O–H groups in total. The lowest BCUT2D eigenvalue weighted by Gasteiger charge is -2.13. The fraction of sp³-hybridized carbons (Fsp3) is 0.172. The molecule has 0 radical (unpaired) electrons. The molecule has 0 aliphatic heterocycles. The minimum atomic E-state index is 0.924. The van der Waals surface area contributed by atoms with Crippen molar-refractivity contribution in [3.63, 3.8) is 0 Å². The van der Waals surface area contributed by atoms with Crippen molar-refractivity contribution >= 4 is 27.4 Å². The van der Waals surface area contributed by atoms with Gasteiger partial charge in [-0.1, -0.05) is 70.8 Å². The molecule has 0 spiro atoms. The Kier molecular flexibility index (Phi) is 4.78. The second kappa shape index (κ2) is 7.63. The number of hydrogen-bond acceptors (Lipinski definition) is 2. The maximum atomic E-state index is 5.19. The fourth-order valence-electron chi connectivity index (χ4n) is 4.49. The number of hydrogen-bond donors (Lipinski definition) is 0. The summed E-state index contributed by atoms with van der Waals surface area (Å²) >= 11 is 0. The summed E-state index contributed by atoms with van der Waals surface area (Å²) in [5, 5.41) is 2.38. The molecule has 0 atom stereocenters. The highest BCUT2D eigenvalue weighted by Crippen LogP contribution is 2.33. The van der Waals surface area contributed by atoms with Crippen molar-refractivity contribution in [3.8, 4) is 11.3 Å². The Morgan fingerprint density at radius 1 is 0.677 bits per heavy atom. The predicted molar refractivity (Wildman–Crippen MR) is 132 cm³/mol. The van der Waals surface area contributed by atoms with Gasteiger partial charge in [-0.15, -0.1) is 0 Å². The van der Waals surface area contributed by atoms with Gasteiger partial charge in [0.05, 0.1) is 22.4 Å². The quantitative estimate of drug-likeness (QED) is 0.320. The van der Waals surface area contributed by atoms with Gasteiger partial charge in [0.25, 0.3) is 0 Å². The van der Waals surface area contributed by atoms with Crippen LogP contribution in [0.1, 0.15) is 37.1 Å². The van der Waals surface area contributed by atoms with Crippen LogP contribution in [0.2, 0.25) is 0 Å². The number of aromatic nitrogens is 2. The van der Waals surface area contributed by atoms with Crippen molar-refractivity contribution < 1.29 is 0 Å². The molecule has 2 nitrogen and oxygen atoms in total. The SMILES string of the molecule is CC1=CC(c2nc3cc4ccccc4cc3nc2-c2cc(C)cc(C)c2)=CCC(C)=C1. The summed E-state index contributed by atoms with van der Waals surface area (Å²) in [5.74, 6) is 0. The van der Waals surface area contributed by atoms with Crippen molar-refractivity contribution in [2.24, 2.45) is 0 Å². The molecule has 31 heavy (non-hydrogen) atoms. The molecule has 4 aromatic rings. The van der Waals surface area contributed by atoms with E-state index in [4.69, 9.17) is 9.97 Å². The van der Waals surface area contributed by atoms with Gasteiger partial charge in [-0.2, -0.15) is 0 Å². The molecule has 1 aromatic heterocycles. The summed E-state index contributed by atoms with van der Waals surface area (Å²) in [6, 6.07) is 19.3. The lowest BCUT2D eigenvalue weighted by molar-refractivity contribution is 1.20. The van der Waals surface area contributed by atoms with Gasteiger partial charge in [-0.25, -0.2) is 9.97 Å². The van der Waals surface area contributed by atoms with Crippen molar-refractivity contribution in [1.29, 1.82) is 0 Å². The van der Waals surface area contributed by atoms with Crippen LogP contribution in [0.25, 0.3) is 38.6 Å². The average molecular weight is 403 g/mol. The molecule has 0 amide bonds. The van der Waals surface area contributed by atoms with E-state index in [1.54, 1.807) is 0 Å². The first-order valence-corrected chi connectivity index (χ1v) is 10.8. The fourth-order valence-corrected chi connectivity index (χ4v) is 4.49. The van der Waals surface area contributed by atoms with Crippen LogP contribution in [0.4, 0.5) is 0 Å². The second-order valence-corrected chi connectivity index (χ2v) is 8.73. The predicted octanol–water partition coefficient (Wildman–Crippen LogP) is 7.75. The van der Waals surface area contributed by atoms with Crippen molar-refractivity contribution in [2.45, 2.75) is 34.1 Å². The van der Waals surface area contributed by atoms with Crippen LogP contribution >= 0.6 is 0 Å². The van der Waals surface area contributed by atoms with Gasteiger partial charge in [0.1, 0.15) is 0 Å². The van der Waals surface area contributed by atoms with Gasteiger partial charge in [0.2, 0.25) is 0 Å². The number of allylic oxidation sites excluding steroid dienone is 6. The van der Waals surface area contributed by atoms with E-state index >= 15 is 0 Å². The number of rotatable bonds is 2. The van der Waals surface area contributed by atoms with Crippen molar-refractivity contribution in [1.82, 2.24) is 9.97 Å². The third-order valence-corrected chi connectivity index (χ3v) is 5.80. The molecule has 2 heteroatoms. The van der Waals surface area contributed by atoms with Gasteiger partial charge in [0.15, 0.2) is 0 Å². The summed E-state index contributed by atoms with van der Waals surface area (Å²) in [4.78, 5) is 10.4.